The first kappa shape index (κ1) is 23.8. The van der Waals surface area contributed by atoms with E-state index in [0.717, 1.165) is 0 Å². The maximum atomic E-state index is 2.80. The van der Waals surface area contributed by atoms with E-state index in [2.05, 4.69) is 40.4 Å². The number of hydrogen-bond donors (Lipinski definition) is 0. The van der Waals surface area contributed by atoms with Gasteiger partial charge in [-0.1, -0.05) is 134 Å². The summed E-state index contributed by atoms with van der Waals surface area (Å²) in [4.78, 5) is 2.71. The van der Waals surface area contributed by atoms with E-state index >= 15 is 0 Å². The number of hydrogen-bond acceptors (Lipinski definition) is 1. The van der Waals surface area contributed by atoms with Crippen molar-refractivity contribution < 1.29 is 0 Å². The van der Waals surface area contributed by atoms with Crippen LogP contribution in [0.25, 0.3) is 0 Å². The zero-order valence-corrected chi connectivity index (χ0v) is 19.9. The lowest BCUT2D eigenvalue weighted by molar-refractivity contribution is 0.426. The highest BCUT2D eigenvalue weighted by Gasteiger charge is 2.35. The Bertz CT molecular complexity index is 435. The Morgan fingerprint density at radius 3 is 1.55 bits per heavy atom. The molecule has 0 aromatic heterocycles. The molecule has 4 heteroatoms. The van der Waals surface area contributed by atoms with Crippen molar-refractivity contribution in [2.45, 2.75) is 152 Å². The molecule has 1 heterocycles. The summed E-state index contributed by atoms with van der Waals surface area (Å²) >= 11 is 0. The van der Waals surface area contributed by atoms with Gasteiger partial charge in [0, 0.05) is 0 Å². The molecule has 3 aliphatic rings. The molecule has 2 saturated carbocycles. The van der Waals surface area contributed by atoms with Crippen molar-refractivity contribution in [2.24, 2.45) is 0 Å². The first-order valence-corrected chi connectivity index (χ1v) is 13.4. The molecule has 3 rings (SSSR count). The summed E-state index contributed by atoms with van der Waals surface area (Å²) in [7, 11) is 7.97. The van der Waals surface area contributed by atoms with E-state index in [1.54, 1.807) is 0 Å². The van der Waals surface area contributed by atoms with E-state index < -0.39 is 0 Å². The molecule has 1 unspecified atom stereocenters. The summed E-state index contributed by atoms with van der Waals surface area (Å²) in [5, 5.41) is 0.887. The molecular weight excluding hydrogens is 347 g/mol. The second kappa shape index (κ2) is 12.3. The first-order valence-electron chi connectivity index (χ1n) is 13.4. The highest BCUT2D eigenvalue weighted by atomic mass is 15.1. The lowest BCUT2D eigenvalue weighted by Gasteiger charge is -2.37. The summed E-state index contributed by atoms with van der Waals surface area (Å²) in [5.74, 6) is 0.681. The van der Waals surface area contributed by atoms with Gasteiger partial charge in [-0.2, -0.15) is 0 Å². The molecule has 0 bridgehead atoms. The highest BCUT2D eigenvalue weighted by Crippen LogP contribution is 2.42. The molecule has 0 amide bonds. The largest absolute Gasteiger partial charge is 0.360 e. The van der Waals surface area contributed by atoms with Gasteiger partial charge in [-0.3, -0.25) is 0 Å². The zero-order valence-electron chi connectivity index (χ0n) is 19.9. The molecule has 0 aromatic rings. The number of rotatable bonds is 5. The maximum Gasteiger partial charge on any atom is 0.159 e. The predicted molar refractivity (Wildman–Crippen MR) is 132 cm³/mol. The zero-order chi connectivity index (χ0) is 20.4. The van der Waals surface area contributed by atoms with E-state index in [9.17, 15) is 0 Å². The molecule has 0 aromatic carbocycles. The van der Waals surface area contributed by atoms with Gasteiger partial charge in [-0.15, -0.1) is 0 Å². The summed E-state index contributed by atoms with van der Waals surface area (Å²) in [6.07, 6.45) is 27.2. The van der Waals surface area contributed by atoms with Crippen LogP contribution in [0, 0.1) is 0 Å². The van der Waals surface area contributed by atoms with E-state index in [1.165, 1.54) is 129 Å². The van der Waals surface area contributed by atoms with E-state index in [-0.39, 0.29) is 0 Å². The lowest BCUT2D eigenvalue weighted by atomic mass is 9.30. The Morgan fingerprint density at radius 1 is 0.586 bits per heavy atom. The molecule has 3 fully saturated rings. The highest BCUT2D eigenvalue weighted by molar-refractivity contribution is 7.00. The van der Waals surface area contributed by atoms with Crippen LogP contribution >= 0.6 is 0 Å². The Balaban J connectivity index is 1.51. The monoisotopic (exact) mass is 394 g/mol. The van der Waals surface area contributed by atoms with Crippen LogP contribution in [0.15, 0.2) is 0 Å². The molecule has 3 radical (unpaired) electrons. The van der Waals surface area contributed by atoms with Gasteiger partial charge in [0.2, 0.25) is 0 Å². The van der Waals surface area contributed by atoms with Crippen molar-refractivity contribution in [3.63, 3.8) is 0 Å². The standard InChI is InChI=1S/C25H47B3N/c1-24(18-12-8-6-7-9-13-19-24)26-23-17-16-22-29(23)28-27-25(2)20-14-10-4-3-5-11-15-21-25/h23H,3-22H2,1-2H3. The van der Waals surface area contributed by atoms with Crippen LogP contribution in [0.3, 0.4) is 0 Å². The van der Waals surface area contributed by atoms with Crippen molar-refractivity contribution in [1.82, 2.24) is 4.81 Å². The van der Waals surface area contributed by atoms with Crippen LogP contribution in [-0.4, -0.2) is 39.1 Å². The lowest BCUT2D eigenvalue weighted by Crippen LogP contribution is -2.45. The van der Waals surface area contributed by atoms with Gasteiger partial charge in [0.1, 0.15) is 7.28 Å². The second-order valence-corrected chi connectivity index (χ2v) is 11.3. The molecule has 1 saturated heterocycles. The van der Waals surface area contributed by atoms with Crippen LogP contribution in [0.2, 0.25) is 10.6 Å². The average Bonchev–Trinajstić information content (AvgIpc) is 3.17. The van der Waals surface area contributed by atoms with Gasteiger partial charge < -0.3 is 4.81 Å². The molecule has 1 aliphatic heterocycles. The van der Waals surface area contributed by atoms with Gasteiger partial charge >= 0.3 is 0 Å². The molecule has 0 spiro atoms. The summed E-state index contributed by atoms with van der Waals surface area (Å²) in [6.45, 7) is 6.38. The molecule has 1 nitrogen and oxygen atoms in total. The van der Waals surface area contributed by atoms with Crippen molar-refractivity contribution in [3.05, 3.63) is 0 Å². The third-order valence-electron chi connectivity index (χ3n) is 8.35. The molecule has 161 valence electrons. The summed E-state index contributed by atoms with van der Waals surface area (Å²) in [6, 6.07) is 0. The van der Waals surface area contributed by atoms with Crippen molar-refractivity contribution >= 4 is 21.8 Å². The first-order chi connectivity index (χ1) is 14.1. The van der Waals surface area contributed by atoms with Gasteiger partial charge in [0.05, 0.1) is 7.17 Å². The van der Waals surface area contributed by atoms with Crippen molar-refractivity contribution in [2.75, 3.05) is 6.54 Å². The van der Waals surface area contributed by atoms with Gasteiger partial charge in [0.25, 0.3) is 0 Å². The quantitative estimate of drug-likeness (QED) is 0.440. The van der Waals surface area contributed by atoms with Crippen LogP contribution in [-0.2, 0) is 0 Å². The fraction of sp³-hybridized carbons (Fsp3) is 1.00. The third kappa shape index (κ3) is 8.31. The van der Waals surface area contributed by atoms with Crippen LogP contribution in [0.5, 0.6) is 0 Å². The average molecular weight is 394 g/mol. The normalized spacial score (nSPS) is 29.8. The Hall–Kier alpha value is 0.155. The van der Waals surface area contributed by atoms with E-state index in [0.29, 0.717) is 16.6 Å². The molecule has 29 heavy (non-hydrogen) atoms. The van der Waals surface area contributed by atoms with E-state index in [1.807, 2.05) is 0 Å². The van der Waals surface area contributed by atoms with Crippen LogP contribution < -0.4 is 0 Å². The SMILES string of the molecule is CC1([B][B]N2CCCC2[B]C2(C)CCCCCCCC2)CCCCCCCCC1. The van der Waals surface area contributed by atoms with Crippen LogP contribution in [0.1, 0.15) is 136 Å². The molecule has 2 aliphatic carbocycles. The Morgan fingerprint density at radius 2 is 1.03 bits per heavy atom. The molecule has 1 atom stereocenters. The minimum atomic E-state index is 0.423. The maximum absolute atomic E-state index is 2.80. The summed E-state index contributed by atoms with van der Waals surface area (Å²) in [5.41, 5.74) is 0. The fourth-order valence-electron chi connectivity index (χ4n) is 6.21. The minimum Gasteiger partial charge on any atom is -0.360 e. The van der Waals surface area contributed by atoms with E-state index in [4.69, 9.17) is 0 Å². The van der Waals surface area contributed by atoms with Crippen molar-refractivity contribution in [3.8, 4) is 0 Å². The second-order valence-electron chi connectivity index (χ2n) is 11.3. The Kier molecular flexibility index (Phi) is 10.1. The molecular formula is C25H47B3N. The van der Waals surface area contributed by atoms with Crippen molar-refractivity contribution in [1.29, 1.82) is 0 Å². The topological polar surface area (TPSA) is 3.24 Å². The van der Waals surface area contributed by atoms with Gasteiger partial charge in [-0.25, -0.2) is 0 Å². The van der Waals surface area contributed by atoms with Gasteiger partial charge in [0.15, 0.2) is 7.31 Å². The minimum absolute atomic E-state index is 0.423. The third-order valence-corrected chi connectivity index (χ3v) is 8.35. The van der Waals surface area contributed by atoms with Gasteiger partial charge in [-0.05, 0) is 25.3 Å². The predicted octanol–water partition coefficient (Wildman–Crippen LogP) is 7.37. The number of nitrogens with zero attached hydrogens (tertiary/aromatic N) is 1. The van der Waals surface area contributed by atoms with Crippen LogP contribution in [0.4, 0.5) is 0 Å². The fourth-order valence-corrected chi connectivity index (χ4v) is 6.21. The Labute approximate surface area is 185 Å². The summed E-state index contributed by atoms with van der Waals surface area (Å²) < 4.78 is 0. The molecule has 0 N–H and O–H groups in total. The smallest absolute Gasteiger partial charge is 0.159 e.